The van der Waals surface area contributed by atoms with E-state index in [1.165, 1.54) is 11.1 Å². The third kappa shape index (κ3) is 6.22. The highest BCUT2D eigenvalue weighted by molar-refractivity contribution is 6.30. The quantitative estimate of drug-likeness (QED) is 0.787. The van der Waals surface area contributed by atoms with Gasteiger partial charge < -0.3 is 9.84 Å². The van der Waals surface area contributed by atoms with Gasteiger partial charge in [0.2, 0.25) is 0 Å². The number of nitrogens with zero attached hydrogens (tertiary/aromatic N) is 2. The smallest absolute Gasteiger partial charge is 0.122 e. The molecule has 0 saturated carbocycles. The molecule has 1 atom stereocenters. The fourth-order valence-corrected chi connectivity index (χ4v) is 3.50. The van der Waals surface area contributed by atoms with Gasteiger partial charge in [-0.15, -0.1) is 0 Å². The van der Waals surface area contributed by atoms with E-state index in [0.29, 0.717) is 13.2 Å². The van der Waals surface area contributed by atoms with Crippen molar-refractivity contribution < 1.29 is 9.84 Å². The number of hydrogen-bond acceptors (Lipinski definition) is 4. The van der Waals surface area contributed by atoms with E-state index in [2.05, 4.69) is 34.1 Å². The van der Waals surface area contributed by atoms with E-state index in [1.54, 1.807) is 0 Å². The van der Waals surface area contributed by atoms with Gasteiger partial charge in [0, 0.05) is 44.3 Å². The minimum Gasteiger partial charge on any atom is -0.491 e. The molecule has 27 heavy (non-hydrogen) atoms. The topological polar surface area (TPSA) is 35.9 Å². The molecule has 0 radical (unpaired) electrons. The lowest BCUT2D eigenvalue weighted by Gasteiger charge is -2.35. The number of β-amino-alcohol motifs (C(OH)–C–C–N with tert-alkyl or cyclic N) is 1. The van der Waals surface area contributed by atoms with E-state index in [-0.39, 0.29) is 0 Å². The normalized spacial score (nSPS) is 17.0. The summed E-state index contributed by atoms with van der Waals surface area (Å²) in [6, 6.07) is 14.2. The van der Waals surface area contributed by atoms with Crippen molar-refractivity contribution in [3.05, 3.63) is 64.2 Å². The molecule has 0 amide bonds. The van der Waals surface area contributed by atoms with Crippen LogP contribution >= 0.6 is 11.6 Å². The summed E-state index contributed by atoms with van der Waals surface area (Å²) >= 11 is 5.95. The minimum absolute atomic E-state index is 0.329. The van der Waals surface area contributed by atoms with Gasteiger partial charge in [0.05, 0.1) is 0 Å². The van der Waals surface area contributed by atoms with Crippen molar-refractivity contribution in [3.63, 3.8) is 0 Å². The average Bonchev–Trinajstić information content (AvgIpc) is 2.66. The van der Waals surface area contributed by atoms with Crippen LogP contribution in [0.25, 0.3) is 0 Å². The molecule has 4 nitrogen and oxygen atoms in total. The molecule has 1 fully saturated rings. The molecule has 0 bridgehead atoms. The lowest BCUT2D eigenvalue weighted by atomic mass is 10.1. The molecule has 146 valence electrons. The summed E-state index contributed by atoms with van der Waals surface area (Å²) in [6.07, 6.45) is -0.479. The highest BCUT2D eigenvalue weighted by atomic mass is 35.5. The molecule has 1 aliphatic rings. The van der Waals surface area contributed by atoms with E-state index in [0.717, 1.165) is 49.1 Å². The number of rotatable bonds is 7. The first-order valence-corrected chi connectivity index (χ1v) is 9.94. The highest BCUT2D eigenvalue weighted by Gasteiger charge is 2.19. The molecule has 1 unspecified atom stereocenters. The molecule has 0 aliphatic carbocycles. The van der Waals surface area contributed by atoms with Gasteiger partial charge in [-0.2, -0.15) is 0 Å². The van der Waals surface area contributed by atoms with Crippen molar-refractivity contribution >= 4 is 11.6 Å². The zero-order valence-electron chi connectivity index (χ0n) is 16.2. The van der Waals surface area contributed by atoms with Gasteiger partial charge in [0.15, 0.2) is 0 Å². The second kappa shape index (κ2) is 9.56. The first kappa shape index (κ1) is 20.2. The third-order valence-corrected chi connectivity index (χ3v) is 5.28. The zero-order valence-corrected chi connectivity index (χ0v) is 17.0. The van der Waals surface area contributed by atoms with E-state index >= 15 is 0 Å². The Bertz CT molecular complexity index is 728. The first-order valence-electron chi connectivity index (χ1n) is 9.57. The third-order valence-electron chi connectivity index (χ3n) is 5.03. The number of piperazine rings is 1. The summed E-state index contributed by atoms with van der Waals surface area (Å²) in [7, 11) is 0. The van der Waals surface area contributed by atoms with Crippen LogP contribution in [-0.2, 0) is 6.54 Å². The molecule has 5 heteroatoms. The summed E-state index contributed by atoms with van der Waals surface area (Å²) in [4.78, 5) is 4.76. The SMILES string of the molecule is Cc1ccc(C)c(OCC(O)CN2CCN(Cc3ccc(Cl)cc3)CC2)c1. The molecule has 2 aromatic rings. The van der Waals surface area contributed by atoms with Gasteiger partial charge in [-0.05, 0) is 48.7 Å². The summed E-state index contributed by atoms with van der Waals surface area (Å²) in [5.41, 5.74) is 3.56. The fraction of sp³-hybridized carbons (Fsp3) is 0.455. The number of halogens is 1. The maximum atomic E-state index is 10.4. The van der Waals surface area contributed by atoms with Crippen molar-refractivity contribution in [1.29, 1.82) is 0 Å². The van der Waals surface area contributed by atoms with E-state index < -0.39 is 6.10 Å². The summed E-state index contributed by atoms with van der Waals surface area (Å²) < 4.78 is 5.83. The van der Waals surface area contributed by atoms with Crippen LogP contribution in [0.5, 0.6) is 5.75 Å². The van der Waals surface area contributed by atoms with Crippen molar-refractivity contribution in [2.45, 2.75) is 26.5 Å². The van der Waals surface area contributed by atoms with Gasteiger partial charge in [-0.25, -0.2) is 0 Å². The highest BCUT2D eigenvalue weighted by Crippen LogP contribution is 2.19. The number of ether oxygens (including phenoxy) is 1. The number of aliphatic hydroxyl groups excluding tert-OH is 1. The molecular weight excluding hydrogens is 360 g/mol. The molecule has 2 aromatic carbocycles. The average molecular weight is 389 g/mol. The zero-order chi connectivity index (χ0) is 19.2. The fourth-order valence-electron chi connectivity index (χ4n) is 3.38. The summed E-state index contributed by atoms with van der Waals surface area (Å²) in [5, 5.41) is 11.1. The second-order valence-corrected chi connectivity index (χ2v) is 7.87. The Morgan fingerprint density at radius 3 is 2.37 bits per heavy atom. The predicted molar refractivity (Wildman–Crippen MR) is 111 cm³/mol. The molecule has 1 N–H and O–H groups in total. The van der Waals surface area contributed by atoms with Gasteiger partial charge in [-0.3, -0.25) is 9.80 Å². The van der Waals surface area contributed by atoms with Gasteiger partial charge >= 0.3 is 0 Å². The minimum atomic E-state index is -0.479. The van der Waals surface area contributed by atoms with Crippen molar-refractivity contribution in [1.82, 2.24) is 9.80 Å². The Morgan fingerprint density at radius 1 is 1.00 bits per heavy atom. The molecule has 0 aromatic heterocycles. The Labute approximate surface area is 167 Å². The Balaban J connectivity index is 1.39. The standard InChI is InChI=1S/C22H29ClN2O2/c1-17-3-4-18(2)22(13-17)27-16-21(26)15-25-11-9-24(10-12-25)14-19-5-7-20(23)8-6-19/h3-8,13,21,26H,9-12,14-16H2,1-2H3. The molecule has 3 rings (SSSR count). The number of hydrogen-bond donors (Lipinski definition) is 1. The Kier molecular flexibility index (Phi) is 7.13. The van der Waals surface area contributed by atoms with Gasteiger partial charge in [0.1, 0.15) is 18.5 Å². The molecule has 0 spiro atoms. The molecule has 1 saturated heterocycles. The number of aryl methyl sites for hydroxylation is 2. The van der Waals surface area contributed by atoms with Gasteiger partial charge in [0.25, 0.3) is 0 Å². The van der Waals surface area contributed by atoms with E-state index in [9.17, 15) is 5.11 Å². The van der Waals surface area contributed by atoms with Crippen LogP contribution in [0.2, 0.25) is 5.02 Å². The summed E-state index contributed by atoms with van der Waals surface area (Å²) in [6.45, 7) is 9.95. The van der Waals surface area contributed by atoms with Crippen LogP contribution in [0.4, 0.5) is 0 Å². The van der Waals surface area contributed by atoms with E-state index in [4.69, 9.17) is 16.3 Å². The van der Waals surface area contributed by atoms with E-state index in [1.807, 2.05) is 32.0 Å². The van der Waals surface area contributed by atoms with Crippen LogP contribution in [0, 0.1) is 13.8 Å². The monoisotopic (exact) mass is 388 g/mol. The Hall–Kier alpha value is -1.59. The van der Waals surface area contributed by atoms with Crippen LogP contribution in [0.1, 0.15) is 16.7 Å². The van der Waals surface area contributed by atoms with Gasteiger partial charge in [-0.1, -0.05) is 35.9 Å². The maximum Gasteiger partial charge on any atom is 0.122 e. The first-order chi connectivity index (χ1) is 13.0. The summed E-state index contributed by atoms with van der Waals surface area (Å²) in [5.74, 6) is 0.863. The lowest BCUT2D eigenvalue weighted by molar-refractivity contribution is 0.0445. The number of aliphatic hydroxyl groups is 1. The maximum absolute atomic E-state index is 10.4. The van der Waals surface area contributed by atoms with Crippen LogP contribution in [0.15, 0.2) is 42.5 Å². The molecule has 1 aliphatic heterocycles. The van der Waals surface area contributed by atoms with Crippen LogP contribution in [0.3, 0.4) is 0 Å². The molecular formula is C22H29ClN2O2. The Morgan fingerprint density at radius 2 is 1.67 bits per heavy atom. The lowest BCUT2D eigenvalue weighted by Crippen LogP contribution is -2.48. The number of benzene rings is 2. The van der Waals surface area contributed by atoms with Crippen molar-refractivity contribution in [3.8, 4) is 5.75 Å². The molecule has 1 heterocycles. The second-order valence-electron chi connectivity index (χ2n) is 7.44. The largest absolute Gasteiger partial charge is 0.491 e. The van der Waals surface area contributed by atoms with Crippen LogP contribution < -0.4 is 4.74 Å². The van der Waals surface area contributed by atoms with Crippen LogP contribution in [-0.4, -0.2) is 60.3 Å². The predicted octanol–water partition coefficient (Wildman–Crippen LogP) is 3.51. The van der Waals surface area contributed by atoms with Crippen molar-refractivity contribution in [2.75, 3.05) is 39.3 Å². The van der Waals surface area contributed by atoms with Crippen molar-refractivity contribution in [2.24, 2.45) is 0 Å².